The van der Waals surface area contributed by atoms with Crippen molar-refractivity contribution in [3.8, 4) is 0 Å². The zero-order valence-corrected chi connectivity index (χ0v) is 14.1. The predicted octanol–water partition coefficient (Wildman–Crippen LogP) is 4.62. The maximum absolute atomic E-state index is 2.54. The number of rotatable bonds is 4. The highest BCUT2D eigenvalue weighted by atomic mass is 28.3. The lowest BCUT2D eigenvalue weighted by molar-refractivity contribution is 0.855. The van der Waals surface area contributed by atoms with Crippen LogP contribution in [-0.2, 0) is 6.54 Å². The quantitative estimate of drug-likeness (QED) is 0.618. The average molecular weight is 293 g/mol. The second-order valence-corrected chi connectivity index (χ2v) is 11.4. The van der Waals surface area contributed by atoms with Crippen molar-refractivity contribution < 1.29 is 0 Å². The van der Waals surface area contributed by atoms with E-state index in [4.69, 9.17) is 0 Å². The van der Waals surface area contributed by atoms with Gasteiger partial charge in [0.2, 0.25) is 0 Å². The Morgan fingerprint density at radius 1 is 0.905 bits per heavy atom. The van der Waals surface area contributed by atoms with E-state index in [2.05, 4.69) is 85.2 Å². The van der Waals surface area contributed by atoms with Gasteiger partial charge in [0, 0.05) is 17.4 Å². The summed E-state index contributed by atoms with van der Waals surface area (Å²) in [5.74, 6) is 0. The third-order valence-corrected chi connectivity index (χ3v) is 8.14. The minimum Gasteiger partial charge on any atom is -0.344 e. The molecule has 2 heteroatoms. The van der Waals surface area contributed by atoms with Gasteiger partial charge in [0.15, 0.2) is 0 Å². The van der Waals surface area contributed by atoms with Gasteiger partial charge in [0.05, 0.1) is 0 Å². The van der Waals surface area contributed by atoms with E-state index in [9.17, 15) is 0 Å². The minimum absolute atomic E-state index is 0.972. The molecule has 0 fully saturated rings. The highest BCUT2D eigenvalue weighted by Gasteiger charge is 2.26. The van der Waals surface area contributed by atoms with Crippen molar-refractivity contribution in [3.05, 3.63) is 66.2 Å². The summed E-state index contributed by atoms with van der Waals surface area (Å²) in [5, 5.41) is 2.94. The zero-order valence-electron chi connectivity index (χ0n) is 13.1. The highest BCUT2D eigenvalue weighted by molar-refractivity contribution is 6.89. The molecule has 0 aliphatic rings. The van der Waals surface area contributed by atoms with E-state index in [0.717, 1.165) is 6.54 Å². The Hall–Kier alpha value is -1.80. The lowest BCUT2D eigenvalue weighted by Crippen LogP contribution is -2.45. The number of hydrogen-bond acceptors (Lipinski definition) is 0. The summed E-state index contributed by atoms with van der Waals surface area (Å²) >= 11 is 0. The molecule has 3 aromatic rings. The van der Waals surface area contributed by atoms with E-state index in [-0.39, 0.29) is 0 Å². The summed E-state index contributed by atoms with van der Waals surface area (Å²) in [5.41, 5.74) is 2.74. The van der Waals surface area contributed by atoms with Gasteiger partial charge in [-0.05, 0) is 23.1 Å². The molecule has 1 nitrogen and oxygen atoms in total. The van der Waals surface area contributed by atoms with Crippen molar-refractivity contribution >= 4 is 24.3 Å². The molecule has 3 rings (SSSR count). The SMILES string of the molecule is CC[Si](C)(C)c1cc2ccccc2n1Cc1ccccc1. The van der Waals surface area contributed by atoms with Crippen LogP contribution < -0.4 is 5.32 Å². The fourth-order valence-corrected chi connectivity index (χ4v) is 4.73. The van der Waals surface area contributed by atoms with Crippen LogP contribution >= 0.6 is 0 Å². The van der Waals surface area contributed by atoms with Crippen LogP contribution in [0.1, 0.15) is 12.5 Å². The van der Waals surface area contributed by atoms with Crippen LogP contribution in [0.5, 0.6) is 0 Å². The van der Waals surface area contributed by atoms with Gasteiger partial charge >= 0.3 is 0 Å². The maximum atomic E-state index is 2.54. The largest absolute Gasteiger partial charge is 0.344 e. The minimum atomic E-state index is -1.37. The molecule has 2 aromatic carbocycles. The van der Waals surface area contributed by atoms with E-state index in [1.54, 1.807) is 5.32 Å². The topological polar surface area (TPSA) is 4.93 Å². The van der Waals surface area contributed by atoms with Crippen molar-refractivity contribution in [2.45, 2.75) is 32.6 Å². The second-order valence-electron chi connectivity index (χ2n) is 6.40. The Balaban J connectivity index is 2.16. The molecule has 0 atom stereocenters. The van der Waals surface area contributed by atoms with Crippen LogP contribution in [0.3, 0.4) is 0 Å². The Labute approximate surface area is 128 Å². The van der Waals surface area contributed by atoms with Gasteiger partial charge < -0.3 is 4.57 Å². The summed E-state index contributed by atoms with van der Waals surface area (Å²) in [6.07, 6.45) is 0. The Morgan fingerprint density at radius 3 is 2.29 bits per heavy atom. The summed E-state index contributed by atoms with van der Waals surface area (Å²) < 4.78 is 2.54. The molecular weight excluding hydrogens is 270 g/mol. The molecule has 0 saturated carbocycles. The van der Waals surface area contributed by atoms with Crippen molar-refractivity contribution in [3.63, 3.8) is 0 Å². The fourth-order valence-electron chi connectivity index (χ4n) is 2.89. The molecule has 0 amide bonds. The number of para-hydroxylation sites is 1. The summed E-state index contributed by atoms with van der Waals surface area (Å²) in [6.45, 7) is 8.25. The van der Waals surface area contributed by atoms with Crippen LogP contribution in [0.25, 0.3) is 10.9 Å². The molecule has 0 aliphatic heterocycles. The molecule has 0 radical (unpaired) electrons. The van der Waals surface area contributed by atoms with Gasteiger partial charge in [-0.25, -0.2) is 0 Å². The lowest BCUT2D eigenvalue weighted by Gasteiger charge is -2.23. The lowest BCUT2D eigenvalue weighted by atomic mass is 10.2. The Bertz CT molecular complexity index is 741. The van der Waals surface area contributed by atoms with Crippen LogP contribution in [0.4, 0.5) is 0 Å². The molecule has 0 N–H and O–H groups in total. The average Bonchev–Trinajstić information content (AvgIpc) is 2.88. The smallest absolute Gasteiger partial charge is 0.101 e. The van der Waals surface area contributed by atoms with E-state index >= 15 is 0 Å². The van der Waals surface area contributed by atoms with Crippen molar-refractivity contribution in [2.75, 3.05) is 0 Å². The first-order valence-corrected chi connectivity index (χ1v) is 11.0. The third kappa shape index (κ3) is 2.68. The molecule has 108 valence electrons. The van der Waals surface area contributed by atoms with E-state index in [0.29, 0.717) is 0 Å². The van der Waals surface area contributed by atoms with Gasteiger partial charge in [0.25, 0.3) is 0 Å². The van der Waals surface area contributed by atoms with Gasteiger partial charge in [-0.15, -0.1) is 0 Å². The number of aromatic nitrogens is 1. The molecule has 1 heterocycles. The molecule has 0 aliphatic carbocycles. The first-order valence-electron chi connectivity index (χ1n) is 7.74. The number of fused-ring (bicyclic) bond motifs is 1. The standard InChI is InChI=1S/C19H23NSi/c1-4-21(2,3)19-14-17-12-8-9-13-18(17)20(19)15-16-10-6-5-7-11-16/h5-14H,4,15H2,1-3H3. The molecular formula is C19H23NSi. The van der Waals surface area contributed by atoms with Gasteiger partial charge in [-0.3, -0.25) is 0 Å². The normalized spacial score (nSPS) is 12.0. The maximum Gasteiger partial charge on any atom is 0.101 e. The van der Waals surface area contributed by atoms with Crippen LogP contribution in [0, 0.1) is 0 Å². The second kappa shape index (κ2) is 5.53. The van der Waals surface area contributed by atoms with Crippen molar-refractivity contribution in [2.24, 2.45) is 0 Å². The highest BCUT2D eigenvalue weighted by Crippen LogP contribution is 2.20. The molecule has 0 saturated heterocycles. The van der Waals surface area contributed by atoms with E-state index < -0.39 is 8.07 Å². The molecule has 0 unspecified atom stereocenters. The van der Waals surface area contributed by atoms with Crippen molar-refractivity contribution in [1.82, 2.24) is 4.57 Å². The van der Waals surface area contributed by atoms with Crippen LogP contribution in [-0.4, -0.2) is 12.6 Å². The Kier molecular flexibility index (Phi) is 3.73. The monoisotopic (exact) mass is 293 g/mol. The van der Waals surface area contributed by atoms with E-state index in [1.807, 2.05) is 0 Å². The molecule has 0 bridgehead atoms. The molecule has 1 aromatic heterocycles. The number of hydrogen-bond donors (Lipinski definition) is 0. The molecule has 21 heavy (non-hydrogen) atoms. The summed E-state index contributed by atoms with van der Waals surface area (Å²) in [7, 11) is -1.37. The molecule has 0 spiro atoms. The zero-order chi connectivity index (χ0) is 14.9. The third-order valence-electron chi connectivity index (χ3n) is 4.57. The first-order chi connectivity index (χ1) is 10.1. The predicted molar refractivity (Wildman–Crippen MR) is 95.1 cm³/mol. The van der Waals surface area contributed by atoms with Crippen LogP contribution in [0.2, 0.25) is 19.1 Å². The van der Waals surface area contributed by atoms with Gasteiger partial charge in [0.1, 0.15) is 8.07 Å². The summed E-state index contributed by atoms with van der Waals surface area (Å²) in [4.78, 5) is 0. The van der Waals surface area contributed by atoms with Crippen LogP contribution in [0.15, 0.2) is 60.7 Å². The van der Waals surface area contributed by atoms with Gasteiger partial charge in [-0.2, -0.15) is 0 Å². The first kappa shape index (κ1) is 14.1. The van der Waals surface area contributed by atoms with Crippen molar-refractivity contribution in [1.29, 1.82) is 0 Å². The number of nitrogens with zero attached hydrogens (tertiary/aromatic N) is 1. The van der Waals surface area contributed by atoms with E-state index in [1.165, 1.54) is 22.5 Å². The van der Waals surface area contributed by atoms with Gasteiger partial charge in [-0.1, -0.05) is 74.6 Å². The number of benzene rings is 2. The summed E-state index contributed by atoms with van der Waals surface area (Å²) in [6, 6.07) is 23.3. The fraction of sp³-hybridized carbons (Fsp3) is 0.263. The Morgan fingerprint density at radius 2 is 1.57 bits per heavy atom.